The fraction of sp³-hybridized carbons (Fsp3) is 0.750. The van der Waals surface area contributed by atoms with Gasteiger partial charge in [0.1, 0.15) is 6.54 Å². The molecule has 1 N–H and O–H groups in total. The molecule has 1 saturated heterocycles. The third kappa shape index (κ3) is 5.50. The molecule has 1 aliphatic heterocycles. The number of rotatable bonds is 7. The van der Waals surface area contributed by atoms with E-state index in [1.165, 1.54) is 16.7 Å². The molecule has 19 heavy (non-hydrogen) atoms. The van der Waals surface area contributed by atoms with Gasteiger partial charge in [-0.3, -0.25) is 14.4 Å². The topological polar surface area (TPSA) is 77.9 Å². The van der Waals surface area contributed by atoms with E-state index in [9.17, 15) is 14.4 Å². The predicted molar refractivity (Wildman–Crippen MR) is 73.1 cm³/mol. The third-order valence-corrected chi connectivity index (χ3v) is 3.60. The van der Waals surface area contributed by atoms with Crippen molar-refractivity contribution in [3.63, 3.8) is 0 Å². The van der Waals surface area contributed by atoms with Gasteiger partial charge in [-0.05, 0) is 5.92 Å². The van der Waals surface area contributed by atoms with Crippen molar-refractivity contribution in [1.29, 1.82) is 0 Å². The van der Waals surface area contributed by atoms with Crippen LogP contribution in [0.5, 0.6) is 0 Å². The molecule has 0 aromatic rings. The van der Waals surface area contributed by atoms with Crippen LogP contribution in [0, 0.1) is 5.92 Å². The minimum absolute atomic E-state index is 0.00134. The minimum Gasteiger partial charge on any atom is -0.480 e. The molecule has 0 bridgehead atoms. The summed E-state index contributed by atoms with van der Waals surface area (Å²) in [5, 5.41) is 8.81. The number of carbonyl (C=O) groups is 3. The molecule has 0 saturated carbocycles. The normalized spacial score (nSPS) is 15.1. The Morgan fingerprint density at radius 1 is 1.47 bits per heavy atom. The fourth-order valence-electron chi connectivity index (χ4n) is 1.88. The molecule has 1 heterocycles. The van der Waals surface area contributed by atoms with Gasteiger partial charge in [0.25, 0.3) is 5.24 Å². The van der Waals surface area contributed by atoms with Gasteiger partial charge in [0.15, 0.2) is 0 Å². The molecule has 6 nitrogen and oxygen atoms in total. The van der Waals surface area contributed by atoms with Gasteiger partial charge < -0.3 is 14.9 Å². The number of hydrogen-bond donors (Lipinski definition) is 1. The number of hydrogen-bond acceptors (Lipinski definition) is 4. The first-order chi connectivity index (χ1) is 8.90. The first kappa shape index (κ1) is 15.8. The fourth-order valence-corrected chi connectivity index (χ4v) is 2.73. The number of amides is 2. The van der Waals surface area contributed by atoms with Crippen molar-refractivity contribution in [3.8, 4) is 0 Å². The Labute approximate surface area is 117 Å². The molecule has 0 atom stereocenters. The van der Waals surface area contributed by atoms with Gasteiger partial charge in [-0.2, -0.15) is 0 Å². The second-order valence-corrected chi connectivity index (χ2v) is 5.96. The summed E-state index contributed by atoms with van der Waals surface area (Å²) < 4.78 is 0. The summed E-state index contributed by atoms with van der Waals surface area (Å²) in [4.78, 5) is 37.1. The van der Waals surface area contributed by atoms with Crippen LogP contribution in [0.1, 0.15) is 20.3 Å². The van der Waals surface area contributed by atoms with Crippen LogP contribution in [-0.4, -0.2) is 64.0 Å². The molecule has 0 aromatic heterocycles. The van der Waals surface area contributed by atoms with Crippen molar-refractivity contribution in [3.05, 3.63) is 0 Å². The van der Waals surface area contributed by atoms with Crippen LogP contribution in [0.2, 0.25) is 0 Å². The highest BCUT2D eigenvalue weighted by Gasteiger charge is 2.23. The number of thioether (sulfide) groups is 1. The SMILES string of the molecule is CC(C)CN(CC(=O)O)C(=O)CCN1CCSC1=O. The van der Waals surface area contributed by atoms with E-state index < -0.39 is 5.97 Å². The van der Waals surface area contributed by atoms with Gasteiger partial charge in [0.05, 0.1) is 0 Å². The maximum absolute atomic E-state index is 12.0. The van der Waals surface area contributed by atoms with Gasteiger partial charge in [-0.1, -0.05) is 25.6 Å². The smallest absolute Gasteiger partial charge is 0.323 e. The molecule has 0 radical (unpaired) electrons. The highest BCUT2D eigenvalue weighted by molar-refractivity contribution is 8.13. The lowest BCUT2D eigenvalue weighted by Crippen LogP contribution is -2.40. The van der Waals surface area contributed by atoms with Crippen molar-refractivity contribution in [2.24, 2.45) is 5.92 Å². The molecule has 1 fully saturated rings. The number of nitrogens with zero attached hydrogens (tertiary/aromatic N) is 2. The van der Waals surface area contributed by atoms with Crippen LogP contribution in [-0.2, 0) is 9.59 Å². The average molecular weight is 288 g/mol. The lowest BCUT2D eigenvalue weighted by atomic mass is 10.2. The van der Waals surface area contributed by atoms with Crippen LogP contribution in [0.4, 0.5) is 4.79 Å². The zero-order valence-corrected chi connectivity index (χ0v) is 12.1. The van der Waals surface area contributed by atoms with Gasteiger partial charge in [-0.15, -0.1) is 0 Å². The van der Waals surface area contributed by atoms with E-state index in [0.29, 0.717) is 19.6 Å². The highest BCUT2D eigenvalue weighted by atomic mass is 32.2. The summed E-state index contributed by atoms with van der Waals surface area (Å²) in [5.41, 5.74) is 0. The van der Waals surface area contributed by atoms with E-state index in [4.69, 9.17) is 5.11 Å². The molecule has 0 unspecified atom stereocenters. The Morgan fingerprint density at radius 3 is 2.63 bits per heavy atom. The Morgan fingerprint density at radius 2 is 2.16 bits per heavy atom. The molecule has 0 aliphatic carbocycles. The first-order valence-electron chi connectivity index (χ1n) is 6.31. The number of aliphatic carboxylic acids is 1. The summed E-state index contributed by atoms with van der Waals surface area (Å²) in [6, 6.07) is 0. The maximum Gasteiger partial charge on any atom is 0.323 e. The summed E-state index contributed by atoms with van der Waals surface area (Å²) in [6.45, 7) is 5.05. The van der Waals surface area contributed by atoms with Crippen LogP contribution in [0.3, 0.4) is 0 Å². The third-order valence-electron chi connectivity index (χ3n) is 2.70. The molecule has 108 valence electrons. The first-order valence-corrected chi connectivity index (χ1v) is 7.30. The Hall–Kier alpha value is -1.24. The molecular formula is C12H20N2O4S. The van der Waals surface area contributed by atoms with E-state index in [1.54, 1.807) is 4.90 Å². The molecule has 0 aromatic carbocycles. The summed E-state index contributed by atoms with van der Waals surface area (Å²) >= 11 is 1.25. The Kier molecular flexibility index (Phi) is 6.14. The van der Waals surface area contributed by atoms with Crippen molar-refractivity contribution in [1.82, 2.24) is 9.80 Å². The largest absolute Gasteiger partial charge is 0.480 e. The summed E-state index contributed by atoms with van der Waals surface area (Å²) in [7, 11) is 0. The van der Waals surface area contributed by atoms with Gasteiger partial charge >= 0.3 is 5.97 Å². The Balaban J connectivity index is 2.46. The standard InChI is InChI=1S/C12H20N2O4S/c1-9(2)7-14(8-11(16)17)10(15)3-4-13-5-6-19-12(13)18/h9H,3-8H2,1-2H3,(H,16,17). The van der Waals surface area contributed by atoms with Crippen molar-refractivity contribution >= 4 is 28.9 Å². The van der Waals surface area contributed by atoms with Crippen LogP contribution < -0.4 is 0 Å². The minimum atomic E-state index is -1.01. The van der Waals surface area contributed by atoms with Crippen LogP contribution in [0.25, 0.3) is 0 Å². The van der Waals surface area contributed by atoms with E-state index in [0.717, 1.165) is 5.75 Å². The van der Waals surface area contributed by atoms with Crippen molar-refractivity contribution in [2.75, 3.05) is 31.9 Å². The second-order valence-electron chi connectivity index (χ2n) is 4.91. The van der Waals surface area contributed by atoms with E-state index in [2.05, 4.69) is 0 Å². The van der Waals surface area contributed by atoms with Gasteiger partial charge in [-0.25, -0.2) is 0 Å². The van der Waals surface area contributed by atoms with E-state index in [1.807, 2.05) is 13.8 Å². The molecule has 0 spiro atoms. The lowest BCUT2D eigenvalue weighted by Gasteiger charge is -2.24. The molecular weight excluding hydrogens is 268 g/mol. The maximum atomic E-state index is 12.0. The monoisotopic (exact) mass is 288 g/mol. The van der Waals surface area contributed by atoms with Crippen LogP contribution >= 0.6 is 11.8 Å². The highest BCUT2D eigenvalue weighted by Crippen LogP contribution is 2.17. The average Bonchev–Trinajstić information content (AvgIpc) is 2.69. The van der Waals surface area contributed by atoms with Crippen molar-refractivity contribution in [2.45, 2.75) is 20.3 Å². The van der Waals surface area contributed by atoms with Gasteiger partial charge in [0.2, 0.25) is 5.91 Å². The van der Waals surface area contributed by atoms with Crippen molar-refractivity contribution < 1.29 is 19.5 Å². The zero-order chi connectivity index (χ0) is 14.4. The van der Waals surface area contributed by atoms with Crippen LogP contribution in [0.15, 0.2) is 0 Å². The molecule has 7 heteroatoms. The summed E-state index contributed by atoms with van der Waals surface area (Å²) in [6.07, 6.45) is 0.187. The zero-order valence-electron chi connectivity index (χ0n) is 11.3. The Bertz CT molecular complexity index is 360. The van der Waals surface area contributed by atoms with E-state index >= 15 is 0 Å². The number of carboxylic acid groups (broad SMARTS) is 1. The second kappa shape index (κ2) is 7.37. The van der Waals surface area contributed by atoms with E-state index in [-0.39, 0.29) is 30.0 Å². The quantitative estimate of drug-likeness (QED) is 0.759. The summed E-state index contributed by atoms with van der Waals surface area (Å²) in [5.74, 6) is -0.243. The molecule has 1 rings (SSSR count). The number of carbonyl (C=O) groups excluding carboxylic acids is 2. The number of carboxylic acids is 1. The predicted octanol–water partition coefficient (Wildman–Crippen LogP) is 1.11. The molecule has 1 aliphatic rings. The van der Waals surface area contributed by atoms with Gasteiger partial charge in [0, 0.05) is 31.8 Å². The molecule has 2 amide bonds. The lowest BCUT2D eigenvalue weighted by molar-refractivity contribution is -0.144.